The molecule has 0 fully saturated rings. The molecule has 0 saturated carbocycles. The molecule has 0 aromatic heterocycles. The van der Waals surface area contributed by atoms with Gasteiger partial charge in [0, 0.05) is 22.6 Å². The number of nitrogens with one attached hydrogen (secondary N) is 1. The van der Waals surface area contributed by atoms with Crippen LogP contribution in [0.15, 0.2) is 82.2 Å². The van der Waals surface area contributed by atoms with E-state index in [1.807, 2.05) is 20.8 Å². The Labute approximate surface area is 244 Å². The van der Waals surface area contributed by atoms with Crippen LogP contribution in [-0.4, -0.2) is 44.3 Å². The molecule has 1 atom stereocenters. The molecular weight excluding hydrogens is 602 g/mol. The second-order valence-electron chi connectivity index (χ2n) is 9.73. The molecule has 3 rings (SSSR count). The lowest BCUT2D eigenvalue weighted by atomic mass is 10.1. The molecule has 0 spiro atoms. The van der Waals surface area contributed by atoms with Crippen LogP contribution >= 0.6 is 27.5 Å². The van der Waals surface area contributed by atoms with Gasteiger partial charge in [0.1, 0.15) is 12.6 Å². The van der Waals surface area contributed by atoms with Crippen molar-refractivity contribution < 1.29 is 18.0 Å². The fraction of sp³-hybridized carbons (Fsp3) is 0.310. The van der Waals surface area contributed by atoms with E-state index in [1.54, 1.807) is 67.6 Å². The Hall–Kier alpha value is -2.88. The van der Waals surface area contributed by atoms with Crippen LogP contribution in [0, 0.1) is 12.8 Å². The third-order valence-electron chi connectivity index (χ3n) is 6.15. The van der Waals surface area contributed by atoms with E-state index in [4.69, 9.17) is 11.6 Å². The highest BCUT2D eigenvalue weighted by Crippen LogP contribution is 2.27. The highest BCUT2D eigenvalue weighted by Gasteiger charge is 2.32. The van der Waals surface area contributed by atoms with Crippen molar-refractivity contribution in [2.24, 2.45) is 5.92 Å². The molecular formula is C29H33BrClN3O4S. The Kier molecular flexibility index (Phi) is 10.6. The molecule has 0 heterocycles. The SMILES string of the molecule is Cc1ccc(S(=O)(=O)N(CC(=O)N(Cc2ccccc2Cl)[C@H](C)C(=O)NCC(C)C)c2ccc(Br)cc2)cc1. The van der Waals surface area contributed by atoms with Crippen molar-refractivity contribution in [2.45, 2.75) is 45.2 Å². The Morgan fingerprint density at radius 2 is 1.56 bits per heavy atom. The summed E-state index contributed by atoms with van der Waals surface area (Å²) in [4.78, 5) is 28.4. The maximum Gasteiger partial charge on any atom is 0.264 e. The molecule has 3 aromatic carbocycles. The van der Waals surface area contributed by atoms with Gasteiger partial charge in [0.2, 0.25) is 11.8 Å². The third kappa shape index (κ3) is 8.06. The minimum absolute atomic E-state index is 0.0352. The van der Waals surface area contributed by atoms with Gasteiger partial charge in [-0.1, -0.05) is 77.3 Å². The van der Waals surface area contributed by atoms with Gasteiger partial charge < -0.3 is 10.2 Å². The fourth-order valence-corrected chi connectivity index (χ4v) is 5.69. The van der Waals surface area contributed by atoms with Crippen molar-refractivity contribution in [3.8, 4) is 0 Å². The summed E-state index contributed by atoms with van der Waals surface area (Å²) >= 11 is 9.77. The van der Waals surface area contributed by atoms with Gasteiger partial charge in [0.15, 0.2) is 0 Å². The smallest absolute Gasteiger partial charge is 0.264 e. The number of aryl methyl sites for hydroxylation is 1. The van der Waals surface area contributed by atoms with Crippen LogP contribution in [0.1, 0.15) is 31.9 Å². The summed E-state index contributed by atoms with van der Waals surface area (Å²) in [5.74, 6) is -0.650. The van der Waals surface area contributed by atoms with Crippen LogP contribution in [0.25, 0.3) is 0 Å². The number of rotatable bonds is 11. The monoisotopic (exact) mass is 633 g/mol. The number of hydrogen-bond acceptors (Lipinski definition) is 4. The number of carbonyl (C=O) groups is 2. The van der Waals surface area contributed by atoms with Crippen molar-refractivity contribution in [1.29, 1.82) is 0 Å². The summed E-state index contributed by atoms with van der Waals surface area (Å²) in [7, 11) is -4.12. The summed E-state index contributed by atoms with van der Waals surface area (Å²) in [6, 6.07) is 19.3. The first-order valence-corrected chi connectivity index (χ1v) is 15.2. The van der Waals surface area contributed by atoms with E-state index < -0.39 is 28.5 Å². The maximum atomic E-state index is 13.9. The normalized spacial score (nSPS) is 12.2. The average molecular weight is 635 g/mol. The summed E-state index contributed by atoms with van der Waals surface area (Å²) in [5.41, 5.74) is 1.88. The molecule has 0 aliphatic rings. The maximum absolute atomic E-state index is 13.9. The third-order valence-corrected chi connectivity index (χ3v) is 8.84. The molecule has 0 unspecified atom stereocenters. The van der Waals surface area contributed by atoms with Gasteiger partial charge >= 0.3 is 0 Å². The zero-order valence-electron chi connectivity index (χ0n) is 22.4. The van der Waals surface area contributed by atoms with Crippen LogP contribution in [-0.2, 0) is 26.2 Å². The van der Waals surface area contributed by atoms with E-state index >= 15 is 0 Å². The number of carbonyl (C=O) groups excluding carboxylic acids is 2. The number of amides is 2. The summed E-state index contributed by atoms with van der Waals surface area (Å²) in [6.07, 6.45) is 0. The highest BCUT2D eigenvalue weighted by molar-refractivity contribution is 9.10. The van der Waals surface area contributed by atoms with E-state index in [-0.39, 0.29) is 23.3 Å². The lowest BCUT2D eigenvalue weighted by Gasteiger charge is -2.32. The molecule has 39 heavy (non-hydrogen) atoms. The molecule has 10 heteroatoms. The number of anilines is 1. The Bertz CT molecular complexity index is 1400. The van der Waals surface area contributed by atoms with Crippen LogP contribution in [0.3, 0.4) is 0 Å². The van der Waals surface area contributed by atoms with E-state index in [9.17, 15) is 18.0 Å². The fourth-order valence-electron chi connectivity index (χ4n) is 3.82. The van der Waals surface area contributed by atoms with Gasteiger partial charge in [-0.25, -0.2) is 8.42 Å². The van der Waals surface area contributed by atoms with Crippen LogP contribution in [0.4, 0.5) is 5.69 Å². The quantitative estimate of drug-likeness (QED) is 0.289. The van der Waals surface area contributed by atoms with Crippen molar-refractivity contribution in [1.82, 2.24) is 10.2 Å². The van der Waals surface area contributed by atoms with Crippen LogP contribution in [0.2, 0.25) is 5.02 Å². The number of halogens is 2. The lowest BCUT2D eigenvalue weighted by molar-refractivity contribution is -0.139. The Morgan fingerprint density at radius 3 is 2.15 bits per heavy atom. The summed E-state index contributed by atoms with van der Waals surface area (Å²) in [5, 5.41) is 3.31. The molecule has 0 radical (unpaired) electrons. The topological polar surface area (TPSA) is 86.8 Å². The molecule has 0 bridgehead atoms. The predicted octanol–water partition coefficient (Wildman–Crippen LogP) is 5.80. The zero-order valence-corrected chi connectivity index (χ0v) is 25.6. The van der Waals surface area contributed by atoms with Crippen molar-refractivity contribution in [2.75, 3.05) is 17.4 Å². The van der Waals surface area contributed by atoms with Crippen molar-refractivity contribution in [3.63, 3.8) is 0 Å². The standard InChI is InChI=1S/C29H33BrClN3O4S/c1-20(2)17-32-29(36)22(4)33(18-23-7-5-6-8-27(23)31)28(35)19-34(25-13-11-24(30)12-14-25)39(37,38)26-15-9-21(3)10-16-26/h5-16,20,22H,17-19H2,1-4H3,(H,32,36)/t22-/m1/s1. The molecule has 2 amide bonds. The second-order valence-corrected chi connectivity index (χ2v) is 12.9. The molecule has 0 aliphatic carbocycles. The minimum Gasteiger partial charge on any atom is -0.354 e. The van der Waals surface area contributed by atoms with Gasteiger partial charge in [0.25, 0.3) is 10.0 Å². The van der Waals surface area contributed by atoms with E-state index in [1.165, 1.54) is 17.0 Å². The van der Waals surface area contributed by atoms with Gasteiger partial charge in [-0.3, -0.25) is 13.9 Å². The van der Waals surface area contributed by atoms with E-state index in [0.717, 1.165) is 14.3 Å². The van der Waals surface area contributed by atoms with Crippen molar-refractivity contribution in [3.05, 3.63) is 93.4 Å². The summed E-state index contributed by atoms with van der Waals surface area (Å²) < 4.78 is 29.5. The Balaban J connectivity index is 2.01. The van der Waals surface area contributed by atoms with Gasteiger partial charge in [-0.15, -0.1) is 0 Å². The average Bonchev–Trinajstić information content (AvgIpc) is 2.90. The molecule has 208 valence electrons. The van der Waals surface area contributed by atoms with Gasteiger partial charge in [-0.05, 0) is 67.8 Å². The molecule has 1 N–H and O–H groups in total. The van der Waals surface area contributed by atoms with Crippen LogP contribution in [0.5, 0.6) is 0 Å². The predicted molar refractivity (Wildman–Crippen MR) is 159 cm³/mol. The number of hydrogen-bond donors (Lipinski definition) is 1. The van der Waals surface area contributed by atoms with Gasteiger partial charge in [-0.2, -0.15) is 0 Å². The summed E-state index contributed by atoms with van der Waals surface area (Å²) in [6.45, 7) is 7.42. The molecule has 7 nitrogen and oxygen atoms in total. The number of sulfonamides is 1. The molecule has 0 saturated heterocycles. The Morgan fingerprint density at radius 1 is 0.949 bits per heavy atom. The first-order chi connectivity index (χ1) is 18.4. The lowest BCUT2D eigenvalue weighted by Crippen LogP contribution is -2.51. The second kappa shape index (κ2) is 13.5. The van der Waals surface area contributed by atoms with E-state index in [2.05, 4.69) is 21.2 Å². The number of nitrogens with zero attached hydrogens (tertiary/aromatic N) is 2. The van der Waals surface area contributed by atoms with E-state index in [0.29, 0.717) is 22.8 Å². The van der Waals surface area contributed by atoms with Crippen molar-refractivity contribution >= 4 is 55.1 Å². The molecule has 0 aliphatic heterocycles. The highest BCUT2D eigenvalue weighted by atomic mass is 79.9. The molecule has 3 aromatic rings. The minimum atomic E-state index is -4.12. The first kappa shape index (κ1) is 30.7. The largest absolute Gasteiger partial charge is 0.354 e. The zero-order chi connectivity index (χ0) is 28.7. The van der Waals surface area contributed by atoms with Crippen LogP contribution < -0.4 is 9.62 Å². The number of benzene rings is 3. The first-order valence-electron chi connectivity index (χ1n) is 12.6. The van der Waals surface area contributed by atoms with Gasteiger partial charge in [0.05, 0.1) is 10.6 Å².